The van der Waals surface area contributed by atoms with E-state index in [1.54, 1.807) is 20.8 Å². The van der Waals surface area contributed by atoms with E-state index in [-0.39, 0.29) is 34.0 Å². The molecule has 0 aromatic heterocycles. The van der Waals surface area contributed by atoms with Gasteiger partial charge in [0.2, 0.25) is 0 Å². The number of rotatable bonds is 16. The number of hydrogen-bond donors (Lipinski definition) is 5. The molecule has 0 bridgehead atoms. The average molecular weight is 614 g/mol. The summed E-state index contributed by atoms with van der Waals surface area (Å²) in [6.45, 7) is 2.89. The van der Waals surface area contributed by atoms with Gasteiger partial charge in [-0.25, -0.2) is 13.2 Å². The van der Waals surface area contributed by atoms with Crippen LogP contribution in [0.4, 0.5) is 13.2 Å². The number of hydrogen-bond acceptors (Lipinski definition) is 7. The lowest BCUT2D eigenvalue weighted by molar-refractivity contribution is 0.0784. The van der Waals surface area contributed by atoms with Gasteiger partial charge < -0.3 is 34.7 Å². The molecule has 0 aliphatic carbocycles. The third kappa shape index (κ3) is 8.14. The van der Waals surface area contributed by atoms with Crippen LogP contribution < -0.4 is 16.4 Å². The van der Waals surface area contributed by atoms with Crippen molar-refractivity contribution in [2.75, 3.05) is 0 Å². The molecule has 2 unspecified atom stereocenters. The van der Waals surface area contributed by atoms with Crippen molar-refractivity contribution >= 4 is 37.3 Å². The highest BCUT2D eigenvalue weighted by Gasteiger charge is 2.51. The van der Waals surface area contributed by atoms with Crippen LogP contribution in [0.1, 0.15) is 70.1 Å². The highest BCUT2D eigenvalue weighted by Crippen LogP contribution is 2.30. The largest absolute Gasteiger partial charge is 0.491 e. The van der Waals surface area contributed by atoms with Crippen molar-refractivity contribution in [1.29, 1.82) is 0 Å². The van der Waals surface area contributed by atoms with Gasteiger partial charge >= 0.3 is 20.9 Å². The van der Waals surface area contributed by atoms with Gasteiger partial charge in [-0.05, 0) is 96.2 Å². The molecule has 0 amide bonds. The Bertz CT molecular complexity index is 1400. The summed E-state index contributed by atoms with van der Waals surface area (Å²) in [4.78, 5) is 0. The molecule has 0 spiro atoms. The van der Waals surface area contributed by atoms with E-state index in [9.17, 15) is 38.5 Å². The van der Waals surface area contributed by atoms with Crippen molar-refractivity contribution in [2.45, 2.75) is 84.2 Å². The highest BCUT2D eigenvalue weighted by atomic mass is 19.1. The van der Waals surface area contributed by atoms with Crippen LogP contribution in [-0.4, -0.2) is 57.3 Å². The molecule has 0 saturated heterocycles. The number of benzene rings is 3. The molecule has 0 fully saturated rings. The average Bonchev–Trinajstić information content (AvgIpc) is 3.01. The third-order valence-corrected chi connectivity index (χ3v) is 8.30. The van der Waals surface area contributed by atoms with Crippen LogP contribution in [0.2, 0.25) is 0 Å². The van der Waals surface area contributed by atoms with Crippen LogP contribution in [-0.2, 0) is 29.1 Å². The lowest BCUT2D eigenvalue weighted by Gasteiger charge is -2.43. The Kier molecular flexibility index (Phi) is 12.7. The summed E-state index contributed by atoms with van der Waals surface area (Å²) in [5, 5.41) is 53.0. The first-order valence-electron chi connectivity index (χ1n) is 14.8. The standard InChI is InChI=1S/C31H40B3F3O7/c1-5-7-14-31(4,32(41)27-11-8-24(35)15-21(27)18-38)43-33(28-12-9-25(36)16-22(28)19-39)30(3,6-2)44-34(42)29-13-10-26(37)17-23(29)20-40/h8-13,15-17,38-42H,5-7,14,18-20H2,1-4H3. The molecule has 0 heterocycles. The van der Waals surface area contributed by atoms with Crippen LogP contribution in [0.5, 0.6) is 0 Å². The van der Waals surface area contributed by atoms with Crippen LogP contribution in [0, 0.1) is 17.5 Å². The molecule has 0 radical (unpaired) electrons. The van der Waals surface area contributed by atoms with Gasteiger partial charge in [-0.1, -0.05) is 44.9 Å². The second kappa shape index (κ2) is 15.6. The van der Waals surface area contributed by atoms with Gasteiger partial charge in [0, 0.05) is 0 Å². The Hall–Kier alpha value is -2.64. The molecule has 13 heteroatoms. The second-order valence-corrected chi connectivity index (χ2v) is 11.5. The van der Waals surface area contributed by atoms with Crippen LogP contribution in [0.3, 0.4) is 0 Å². The maximum atomic E-state index is 14.3. The molecule has 0 aliphatic rings. The normalized spacial score (nSPS) is 14.2. The minimum Gasteiger partial charge on any atom is -0.445 e. The van der Waals surface area contributed by atoms with E-state index in [2.05, 4.69) is 0 Å². The van der Waals surface area contributed by atoms with Crippen LogP contribution >= 0.6 is 0 Å². The van der Waals surface area contributed by atoms with Crippen LogP contribution in [0.25, 0.3) is 0 Å². The maximum absolute atomic E-state index is 14.3. The van der Waals surface area contributed by atoms with Crippen molar-refractivity contribution in [3.63, 3.8) is 0 Å². The lowest BCUT2D eigenvalue weighted by Crippen LogP contribution is -2.65. The van der Waals surface area contributed by atoms with Gasteiger partial charge in [-0.3, -0.25) is 0 Å². The maximum Gasteiger partial charge on any atom is 0.491 e. The molecular weight excluding hydrogens is 574 g/mol. The van der Waals surface area contributed by atoms with Gasteiger partial charge in [0.15, 0.2) is 0 Å². The van der Waals surface area contributed by atoms with Gasteiger partial charge in [-0.2, -0.15) is 0 Å². The number of halogens is 3. The molecule has 3 rings (SSSR count). The first-order chi connectivity index (χ1) is 20.9. The summed E-state index contributed by atoms with van der Waals surface area (Å²) < 4.78 is 55.3. The fraction of sp³-hybridized carbons (Fsp3) is 0.419. The smallest absolute Gasteiger partial charge is 0.445 e. The summed E-state index contributed by atoms with van der Waals surface area (Å²) >= 11 is 0. The van der Waals surface area contributed by atoms with Crippen LogP contribution in [0.15, 0.2) is 54.6 Å². The Morgan fingerprint density at radius 3 is 1.59 bits per heavy atom. The molecule has 0 aliphatic heterocycles. The van der Waals surface area contributed by atoms with E-state index in [4.69, 9.17) is 9.31 Å². The molecule has 5 N–H and O–H groups in total. The molecule has 2 atom stereocenters. The van der Waals surface area contributed by atoms with E-state index in [0.29, 0.717) is 18.3 Å². The second-order valence-electron chi connectivity index (χ2n) is 11.5. The molecule has 3 aromatic carbocycles. The Labute approximate surface area is 258 Å². The first kappa shape index (κ1) is 35.8. The van der Waals surface area contributed by atoms with E-state index in [1.165, 1.54) is 30.3 Å². The van der Waals surface area contributed by atoms with Crippen molar-refractivity contribution in [3.8, 4) is 0 Å². The molecule has 236 valence electrons. The number of aliphatic hydroxyl groups excluding tert-OH is 3. The fourth-order valence-corrected chi connectivity index (χ4v) is 5.45. The SMILES string of the molecule is CCCCC(C)(OB(c1ccc(F)cc1CO)C(C)(CC)OB(O)c1ccc(F)cc1CO)B(O)c1ccc(F)cc1CO. The molecular formula is C31H40B3F3O7. The van der Waals surface area contributed by atoms with Gasteiger partial charge in [0.25, 0.3) is 0 Å². The van der Waals surface area contributed by atoms with Gasteiger partial charge in [0.1, 0.15) is 17.5 Å². The zero-order valence-electron chi connectivity index (χ0n) is 25.6. The number of unbranched alkanes of at least 4 members (excludes halogenated alkanes) is 1. The highest BCUT2D eigenvalue weighted by molar-refractivity contribution is 6.75. The monoisotopic (exact) mass is 614 g/mol. The quantitative estimate of drug-likeness (QED) is 0.157. The molecule has 7 nitrogen and oxygen atoms in total. The topological polar surface area (TPSA) is 120 Å². The number of aliphatic hydroxyl groups is 3. The Balaban J connectivity index is 2.19. The predicted molar refractivity (Wildman–Crippen MR) is 166 cm³/mol. The summed E-state index contributed by atoms with van der Waals surface area (Å²) in [6.07, 6.45) is 1.84. The summed E-state index contributed by atoms with van der Waals surface area (Å²) in [7, 11) is -1.66. The minimum atomic E-state index is -1.66. The van der Waals surface area contributed by atoms with Crippen molar-refractivity contribution in [3.05, 3.63) is 88.7 Å². The zero-order valence-corrected chi connectivity index (χ0v) is 25.6. The Morgan fingerprint density at radius 2 is 1.11 bits per heavy atom. The van der Waals surface area contributed by atoms with E-state index in [1.807, 2.05) is 6.92 Å². The summed E-state index contributed by atoms with van der Waals surface area (Å²) in [5.41, 5.74) is -1.62. The van der Waals surface area contributed by atoms with E-state index >= 15 is 0 Å². The van der Waals surface area contributed by atoms with E-state index in [0.717, 1.165) is 30.7 Å². The molecule has 44 heavy (non-hydrogen) atoms. The van der Waals surface area contributed by atoms with Gasteiger partial charge in [0.05, 0.1) is 30.8 Å². The van der Waals surface area contributed by atoms with Crippen molar-refractivity contribution < 1.29 is 47.8 Å². The van der Waals surface area contributed by atoms with E-state index < -0.39 is 69.2 Å². The first-order valence-corrected chi connectivity index (χ1v) is 14.8. The van der Waals surface area contributed by atoms with Gasteiger partial charge in [-0.15, -0.1) is 0 Å². The third-order valence-electron chi connectivity index (χ3n) is 8.30. The van der Waals surface area contributed by atoms with Crippen molar-refractivity contribution in [2.24, 2.45) is 0 Å². The minimum absolute atomic E-state index is 0.113. The summed E-state index contributed by atoms with van der Waals surface area (Å²) in [6, 6.07) is 11.0. The molecule has 3 aromatic rings. The van der Waals surface area contributed by atoms with Crippen molar-refractivity contribution in [1.82, 2.24) is 0 Å². The zero-order chi connectivity index (χ0) is 32.7. The Morgan fingerprint density at radius 1 is 0.659 bits per heavy atom. The lowest BCUT2D eigenvalue weighted by atomic mass is 9.41. The fourth-order valence-electron chi connectivity index (χ4n) is 5.45. The molecule has 0 saturated carbocycles. The summed E-state index contributed by atoms with van der Waals surface area (Å²) in [5.74, 6) is -1.78. The predicted octanol–water partition coefficient (Wildman–Crippen LogP) is 2.29.